The zero-order valence-electron chi connectivity index (χ0n) is 15.2. The second-order valence-corrected chi connectivity index (χ2v) is 7.07. The van der Waals surface area contributed by atoms with Gasteiger partial charge in [0.2, 0.25) is 0 Å². The van der Waals surface area contributed by atoms with Gasteiger partial charge in [-0.1, -0.05) is 111 Å². The van der Waals surface area contributed by atoms with Crippen LogP contribution >= 0.6 is 11.6 Å². The van der Waals surface area contributed by atoms with Crippen LogP contribution in [0.3, 0.4) is 0 Å². The minimum atomic E-state index is 0. The third kappa shape index (κ3) is 9.78. The van der Waals surface area contributed by atoms with Crippen molar-refractivity contribution >= 4 is 11.6 Å². The van der Waals surface area contributed by atoms with Crippen molar-refractivity contribution in [3.05, 3.63) is 71.3 Å². The summed E-state index contributed by atoms with van der Waals surface area (Å²) in [5.41, 5.74) is 4.20. The Morgan fingerprint density at radius 1 is 0.679 bits per heavy atom. The minimum absolute atomic E-state index is 0. The molecule has 2 aromatic rings. The van der Waals surface area contributed by atoms with E-state index in [1.165, 1.54) is 55.2 Å². The third-order valence-corrected chi connectivity index (χ3v) is 5.42. The molecule has 0 amide bonds. The summed E-state index contributed by atoms with van der Waals surface area (Å²) in [6, 6.07) is 19.9. The van der Waals surface area contributed by atoms with Gasteiger partial charge in [-0.25, -0.2) is 0 Å². The van der Waals surface area contributed by atoms with E-state index in [1.807, 2.05) is 0 Å². The van der Waals surface area contributed by atoms with Crippen LogP contribution in [0.15, 0.2) is 54.6 Å². The SMILES string of the molecule is C.C.C.C.CCCC(CCCC(CC)c1ccccc1)c1ccc(CCl)cc1. The zero-order chi connectivity index (χ0) is 17.2. The lowest BCUT2D eigenvalue weighted by atomic mass is 9.85. The Kier molecular flexibility index (Phi) is 20.0. The van der Waals surface area contributed by atoms with Gasteiger partial charge in [0.1, 0.15) is 0 Å². The minimum Gasteiger partial charge on any atom is -0.122 e. The molecular weight excluding hydrogens is 360 g/mol. The highest BCUT2D eigenvalue weighted by Crippen LogP contribution is 2.31. The molecule has 2 atom stereocenters. The van der Waals surface area contributed by atoms with Crippen molar-refractivity contribution in [2.75, 3.05) is 0 Å². The summed E-state index contributed by atoms with van der Waals surface area (Å²) in [5, 5.41) is 0. The maximum absolute atomic E-state index is 5.91. The fraction of sp³-hybridized carbons (Fsp3) is 0.556. The Morgan fingerprint density at radius 2 is 1.21 bits per heavy atom. The summed E-state index contributed by atoms with van der Waals surface area (Å²) >= 11 is 5.91. The Labute approximate surface area is 182 Å². The molecule has 0 fully saturated rings. The van der Waals surface area contributed by atoms with Crippen LogP contribution in [-0.4, -0.2) is 0 Å². The molecule has 0 aliphatic carbocycles. The molecule has 0 N–H and O–H groups in total. The van der Waals surface area contributed by atoms with Gasteiger partial charge in [-0.15, -0.1) is 11.6 Å². The standard InChI is InChI=1S/C23H31Cl.4CH4/c1-3-9-21(23-16-14-19(18-24)15-17-23)13-8-12-20(4-2)22-10-6-5-7-11-22;;;;/h5-7,10-11,14-17,20-21H,3-4,8-9,12-13,18H2,1-2H3;4*1H4. The highest BCUT2D eigenvalue weighted by molar-refractivity contribution is 6.17. The second kappa shape index (κ2) is 17.8. The van der Waals surface area contributed by atoms with Crippen molar-refractivity contribution in [1.82, 2.24) is 0 Å². The molecule has 0 spiro atoms. The number of rotatable bonds is 10. The van der Waals surface area contributed by atoms with E-state index < -0.39 is 0 Å². The van der Waals surface area contributed by atoms with E-state index >= 15 is 0 Å². The average Bonchev–Trinajstić information content (AvgIpc) is 2.65. The summed E-state index contributed by atoms with van der Waals surface area (Å²) in [4.78, 5) is 0. The fourth-order valence-corrected chi connectivity index (χ4v) is 3.83. The first-order valence-corrected chi connectivity index (χ1v) is 10.0. The quantitative estimate of drug-likeness (QED) is 0.344. The summed E-state index contributed by atoms with van der Waals surface area (Å²) in [7, 11) is 0. The number of halogens is 1. The number of alkyl halides is 1. The van der Waals surface area contributed by atoms with Crippen LogP contribution in [-0.2, 0) is 5.88 Å². The summed E-state index contributed by atoms with van der Waals surface area (Å²) < 4.78 is 0. The molecule has 0 bridgehead atoms. The molecule has 0 aliphatic heterocycles. The number of benzene rings is 2. The average molecular weight is 407 g/mol. The molecule has 0 radical (unpaired) electrons. The molecule has 2 unspecified atom stereocenters. The molecular formula is C27H47Cl. The van der Waals surface area contributed by atoms with Crippen molar-refractivity contribution in [2.45, 2.75) is 99.8 Å². The first-order valence-electron chi connectivity index (χ1n) is 9.48. The monoisotopic (exact) mass is 406 g/mol. The maximum atomic E-state index is 5.91. The van der Waals surface area contributed by atoms with Crippen molar-refractivity contribution < 1.29 is 0 Å². The van der Waals surface area contributed by atoms with Gasteiger partial charge in [0.15, 0.2) is 0 Å². The van der Waals surface area contributed by atoms with Gasteiger partial charge >= 0.3 is 0 Å². The molecule has 0 saturated carbocycles. The van der Waals surface area contributed by atoms with E-state index in [4.69, 9.17) is 11.6 Å². The highest BCUT2D eigenvalue weighted by atomic mass is 35.5. The first kappa shape index (κ1) is 31.4. The van der Waals surface area contributed by atoms with Crippen molar-refractivity contribution in [3.8, 4) is 0 Å². The van der Waals surface area contributed by atoms with Gasteiger partial charge in [-0.2, -0.15) is 0 Å². The Morgan fingerprint density at radius 3 is 1.71 bits per heavy atom. The van der Waals surface area contributed by atoms with Crippen molar-refractivity contribution in [1.29, 1.82) is 0 Å². The molecule has 2 rings (SSSR count). The predicted octanol–water partition coefficient (Wildman–Crippen LogP) is 10.2. The van der Waals surface area contributed by atoms with Gasteiger partial charge < -0.3 is 0 Å². The topological polar surface area (TPSA) is 0 Å². The van der Waals surface area contributed by atoms with Crippen LogP contribution in [0.1, 0.15) is 111 Å². The normalized spacial score (nSPS) is 11.7. The maximum Gasteiger partial charge on any atom is 0.0474 e. The van der Waals surface area contributed by atoms with Crippen LogP contribution in [0.5, 0.6) is 0 Å². The summed E-state index contributed by atoms with van der Waals surface area (Å²) in [5.74, 6) is 1.99. The van der Waals surface area contributed by atoms with Crippen LogP contribution in [0.2, 0.25) is 0 Å². The molecule has 1 heteroatoms. The van der Waals surface area contributed by atoms with Crippen LogP contribution < -0.4 is 0 Å². The molecule has 162 valence electrons. The molecule has 0 heterocycles. The predicted molar refractivity (Wildman–Crippen MR) is 134 cm³/mol. The van der Waals surface area contributed by atoms with Gasteiger partial charge in [-0.05, 0) is 54.2 Å². The van der Waals surface area contributed by atoms with E-state index in [1.54, 1.807) is 0 Å². The van der Waals surface area contributed by atoms with Crippen LogP contribution in [0.4, 0.5) is 0 Å². The van der Waals surface area contributed by atoms with Crippen LogP contribution in [0.25, 0.3) is 0 Å². The summed E-state index contributed by atoms with van der Waals surface area (Å²) in [6.45, 7) is 4.60. The van der Waals surface area contributed by atoms with E-state index in [-0.39, 0.29) is 29.7 Å². The van der Waals surface area contributed by atoms with E-state index in [0.29, 0.717) is 17.7 Å². The Hall–Kier alpha value is -1.27. The fourth-order valence-electron chi connectivity index (χ4n) is 3.65. The van der Waals surface area contributed by atoms with Gasteiger partial charge in [0.05, 0.1) is 0 Å². The van der Waals surface area contributed by atoms with Crippen molar-refractivity contribution in [2.24, 2.45) is 0 Å². The lowest BCUT2D eigenvalue weighted by molar-refractivity contribution is 0.494. The Balaban J connectivity index is -0.00000156. The number of hydrogen-bond acceptors (Lipinski definition) is 0. The first-order chi connectivity index (χ1) is 11.8. The van der Waals surface area contributed by atoms with E-state index in [0.717, 1.165) is 0 Å². The summed E-state index contributed by atoms with van der Waals surface area (Å²) in [6.07, 6.45) is 7.64. The molecule has 0 nitrogen and oxygen atoms in total. The lowest BCUT2D eigenvalue weighted by Gasteiger charge is -2.20. The Bertz CT molecular complexity index is 559. The van der Waals surface area contributed by atoms with Gasteiger partial charge in [0.25, 0.3) is 0 Å². The lowest BCUT2D eigenvalue weighted by Crippen LogP contribution is -2.02. The highest BCUT2D eigenvalue weighted by Gasteiger charge is 2.13. The largest absolute Gasteiger partial charge is 0.122 e. The molecule has 0 aromatic heterocycles. The van der Waals surface area contributed by atoms with Crippen molar-refractivity contribution in [3.63, 3.8) is 0 Å². The second-order valence-electron chi connectivity index (χ2n) is 6.81. The smallest absolute Gasteiger partial charge is 0.0474 e. The third-order valence-electron chi connectivity index (χ3n) is 5.11. The van der Waals surface area contributed by atoms with E-state index in [2.05, 4.69) is 68.4 Å². The van der Waals surface area contributed by atoms with E-state index in [9.17, 15) is 0 Å². The van der Waals surface area contributed by atoms with Gasteiger partial charge in [-0.3, -0.25) is 0 Å². The number of hydrogen-bond donors (Lipinski definition) is 0. The molecule has 0 saturated heterocycles. The molecule has 2 aromatic carbocycles. The van der Waals surface area contributed by atoms with Crippen LogP contribution in [0, 0.1) is 0 Å². The zero-order valence-corrected chi connectivity index (χ0v) is 15.9. The molecule has 28 heavy (non-hydrogen) atoms. The van der Waals surface area contributed by atoms with Gasteiger partial charge in [0, 0.05) is 5.88 Å². The molecule has 0 aliphatic rings.